The van der Waals surface area contributed by atoms with E-state index in [0.29, 0.717) is 12.0 Å². The third-order valence-electron chi connectivity index (χ3n) is 5.66. The molecule has 0 aliphatic carbocycles. The highest BCUT2D eigenvalue weighted by Crippen LogP contribution is 2.37. The summed E-state index contributed by atoms with van der Waals surface area (Å²) >= 11 is 0. The molecule has 3 atom stereocenters. The van der Waals surface area contributed by atoms with Crippen LogP contribution in [0.3, 0.4) is 0 Å². The van der Waals surface area contributed by atoms with Crippen LogP contribution in [0.15, 0.2) is 54.6 Å². The Morgan fingerprint density at radius 1 is 1.10 bits per heavy atom. The fraction of sp³-hybridized carbons (Fsp3) is 0.318. The second kappa shape index (κ2) is 7.66. The molecule has 2 heterocycles. The van der Waals surface area contributed by atoms with Crippen molar-refractivity contribution in [3.63, 3.8) is 0 Å². The number of imide groups is 1. The smallest absolute Gasteiger partial charge is 0.417 e. The van der Waals surface area contributed by atoms with Crippen molar-refractivity contribution < 1.29 is 23.5 Å². The van der Waals surface area contributed by atoms with Crippen molar-refractivity contribution in [2.45, 2.75) is 30.8 Å². The average Bonchev–Trinajstić information content (AvgIpc) is 3.22. The highest BCUT2D eigenvalue weighted by atomic mass is 19.1. The third-order valence-corrected chi connectivity index (χ3v) is 5.66. The fourth-order valence-corrected chi connectivity index (χ4v) is 4.17. The first-order valence-corrected chi connectivity index (χ1v) is 9.51. The van der Waals surface area contributed by atoms with Gasteiger partial charge < -0.3 is 9.64 Å². The number of likely N-dealkylation sites (tertiary alicyclic amines) is 1. The Morgan fingerprint density at radius 3 is 2.52 bits per heavy atom. The van der Waals surface area contributed by atoms with Gasteiger partial charge in [-0.1, -0.05) is 48.5 Å². The van der Waals surface area contributed by atoms with E-state index in [9.17, 15) is 18.8 Å². The Labute approximate surface area is 167 Å². The zero-order valence-corrected chi connectivity index (χ0v) is 16.0. The highest BCUT2D eigenvalue weighted by molar-refractivity contribution is 6.00. The van der Waals surface area contributed by atoms with Crippen LogP contribution >= 0.6 is 0 Å². The van der Waals surface area contributed by atoms with Gasteiger partial charge in [-0.2, -0.15) is 0 Å². The summed E-state index contributed by atoms with van der Waals surface area (Å²) in [5.41, 5.74) is 1.27. The maximum atomic E-state index is 14.4. The van der Waals surface area contributed by atoms with Crippen LogP contribution in [0.1, 0.15) is 23.5 Å². The third kappa shape index (κ3) is 3.48. The molecule has 0 radical (unpaired) electrons. The fourth-order valence-electron chi connectivity index (χ4n) is 4.17. The van der Waals surface area contributed by atoms with Gasteiger partial charge in [0.25, 0.3) is 5.91 Å². The van der Waals surface area contributed by atoms with Crippen molar-refractivity contribution >= 4 is 17.9 Å². The van der Waals surface area contributed by atoms with E-state index in [1.165, 1.54) is 18.0 Å². The Hall–Kier alpha value is -3.22. The number of cyclic esters (lactones) is 1. The van der Waals surface area contributed by atoms with Gasteiger partial charge in [0.05, 0.1) is 6.04 Å². The van der Waals surface area contributed by atoms with Crippen molar-refractivity contribution in [3.8, 4) is 0 Å². The summed E-state index contributed by atoms with van der Waals surface area (Å²) in [5, 5.41) is 0. The van der Waals surface area contributed by atoms with Gasteiger partial charge in [0.2, 0.25) is 5.91 Å². The van der Waals surface area contributed by atoms with Gasteiger partial charge in [0.1, 0.15) is 18.5 Å². The molecule has 3 unspecified atom stereocenters. The molecule has 2 aliphatic heterocycles. The van der Waals surface area contributed by atoms with Crippen molar-refractivity contribution in [2.24, 2.45) is 0 Å². The molecule has 3 amide bonds. The molecule has 7 heteroatoms. The monoisotopic (exact) mass is 396 g/mol. The molecule has 2 aromatic carbocycles. The van der Waals surface area contributed by atoms with Gasteiger partial charge >= 0.3 is 6.09 Å². The maximum absolute atomic E-state index is 14.4. The van der Waals surface area contributed by atoms with Gasteiger partial charge in [-0.15, -0.1) is 0 Å². The number of hydrogen-bond donors (Lipinski definition) is 0. The number of ether oxygens (including phenoxy) is 1. The summed E-state index contributed by atoms with van der Waals surface area (Å²) in [5.74, 6) is -1.92. The molecule has 6 nitrogen and oxygen atoms in total. The van der Waals surface area contributed by atoms with Crippen molar-refractivity contribution in [1.29, 1.82) is 0 Å². The molecule has 0 spiro atoms. The first-order valence-electron chi connectivity index (χ1n) is 9.51. The number of benzene rings is 2. The van der Waals surface area contributed by atoms with E-state index in [-0.39, 0.29) is 18.9 Å². The van der Waals surface area contributed by atoms with Crippen molar-refractivity contribution in [3.05, 3.63) is 71.5 Å². The second-order valence-corrected chi connectivity index (χ2v) is 7.41. The van der Waals surface area contributed by atoms with Gasteiger partial charge in [-0.05, 0) is 23.6 Å². The van der Waals surface area contributed by atoms with Gasteiger partial charge in [0.15, 0.2) is 0 Å². The molecule has 2 saturated heterocycles. The normalized spacial score (nSPS) is 24.1. The summed E-state index contributed by atoms with van der Waals surface area (Å²) < 4.78 is 19.6. The standard InChI is InChI=1S/C22H21FN2O4/c1-24-19(26)12-17(16-9-5-6-10-18(16)23)20(24)21(27)25-15(13-29-22(25)28)11-14-7-3-2-4-8-14/h2-10,15,17,20H,11-13H2,1H3. The molecule has 0 aromatic heterocycles. The zero-order valence-electron chi connectivity index (χ0n) is 16.0. The quantitative estimate of drug-likeness (QED) is 0.797. The molecule has 0 bridgehead atoms. The number of rotatable bonds is 4. The molecular formula is C22H21FN2O4. The van der Waals surface area contributed by atoms with Crippen LogP contribution in [0.25, 0.3) is 0 Å². The highest BCUT2D eigenvalue weighted by Gasteiger charge is 2.49. The lowest BCUT2D eigenvalue weighted by Gasteiger charge is -2.29. The maximum Gasteiger partial charge on any atom is 0.417 e. The zero-order chi connectivity index (χ0) is 20.5. The molecule has 2 fully saturated rings. The van der Waals surface area contributed by atoms with Crippen molar-refractivity contribution in [2.75, 3.05) is 13.7 Å². The van der Waals surface area contributed by atoms with E-state index in [0.717, 1.165) is 10.5 Å². The van der Waals surface area contributed by atoms with Gasteiger partial charge in [-0.3, -0.25) is 9.59 Å². The van der Waals surface area contributed by atoms with Gasteiger partial charge in [-0.25, -0.2) is 14.1 Å². The van der Waals surface area contributed by atoms with E-state index in [1.807, 2.05) is 30.3 Å². The summed E-state index contributed by atoms with van der Waals surface area (Å²) in [6, 6.07) is 14.2. The van der Waals surface area contributed by atoms with Crippen molar-refractivity contribution in [1.82, 2.24) is 9.80 Å². The summed E-state index contributed by atoms with van der Waals surface area (Å²) in [4.78, 5) is 40.6. The molecule has 0 N–H and O–H groups in total. The first kappa shape index (κ1) is 19.1. The number of carbonyl (C=O) groups is 3. The lowest BCUT2D eigenvalue weighted by atomic mass is 9.90. The molecule has 150 valence electrons. The molecular weight excluding hydrogens is 375 g/mol. The lowest BCUT2D eigenvalue weighted by molar-refractivity contribution is -0.139. The average molecular weight is 396 g/mol. The van der Waals surface area contributed by atoms with Gasteiger partial charge in [0, 0.05) is 19.4 Å². The Bertz CT molecular complexity index is 949. The van der Waals surface area contributed by atoms with Crippen LogP contribution in [0.4, 0.5) is 9.18 Å². The van der Waals surface area contributed by atoms with E-state index >= 15 is 0 Å². The predicted molar refractivity (Wildman–Crippen MR) is 102 cm³/mol. The number of nitrogens with zero attached hydrogens (tertiary/aromatic N) is 2. The van der Waals surface area contributed by atoms with E-state index in [2.05, 4.69) is 0 Å². The molecule has 2 aliphatic rings. The number of carbonyl (C=O) groups excluding carboxylic acids is 3. The van der Waals surface area contributed by atoms with Crippen LogP contribution < -0.4 is 0 Å². The number of hydrogen-bond acceptors (Lipinski definition) is 4. The van der Waals surface area contributed by atoms with Crippen LogP contribution in [0.2, 0.25) is 0 Å². The minimum atomic E-state index is -0.955. The van der Waals surface area contributed by atoms with Crippen LogP contribution in [-0.4, -0.2) is 53.4 Å². The minimum absolute atomic E-state index is 0.0140. The Kier molecular flexibility index (Phi) is 5.05. The second-order valence-electron chi connectivity index (χ2n) is 7.41. The Morgan fingerprint density at radius 2 is 1.79 bits per heavy atom. The lowest BCUT2D eigenvalue weighted by Crippen LogP contribution is -2.51. The minimum Gasteiger partial charge on any atom is -0.447 e. The number of amides is 3. The number of likely N-dealkylation sites (N-methyl/N-ethyl adjacent to an activating group) is 1. The molecule has 4 rings (SSSR count). The summed E-state index contributed by atoms with van der Waals surface area (Å²) in [6.07, 6.45) is -0.261. The van der Waals surface area contributed by atoms with Crippen LogP contribution in [-0.2, 0) is 20.7 Å². The molecule has 29 heavy (non-hydrogen) atoms. The van der Waals surface area contributed by atoms with E-state index < -0.39 is 35.8 Å². The van der Waals surface area contributed by atoms with Crippen LogP contribution in [0, 0.1) is 5.82 Å². The topological polar surface area (TPSA) is 66.9 Å². The largest absolute Gasteiger partial charge is 0.447 e. The SMILES string of the molecule is CN1C(=O)CC(c2ccccc2F)C1C(=O)N1C(=O)OCC1Cc1ccccc1. The van der Waals surface area contributed by atoms with E-state index in [4.69, 9.17) is 4.74 Å². The molecule has 0 saturated carbocycles. The molecule has 2 aromatic rings. The summed E-state index contributed by atoms with van der Waals surface area (Å²) in [7, 11) is 1.51. The van der Waals surface area contributed by atoms with E-state index in [1.54, 1.807) is 18.2 Å². The first-order chi connectivity index (χ1) is 14.0. The summed E-state index contributed by atoms with van der Waals surface area (Å²) in [6.45, 7) is 0.0915. The Balaban J connectivity index is 1.64. The predicted octanol–water partition coefficient (Wildman–Crippen LogP) is 2.73. The van der Waals surface area contributed by atoms with Crippen LogP contribution in [0.5, 0.6) is 0 Å². The number of halogens is 1.